The van der Waals surface area contributed by atoms with E-state index >= 15 is 0 Å². The third-order valence-electron chi connectivity index (χ3n) is 2.30. The van der Waals surface area contributed by atoms with Crippen LogP contribution >= 0.6 is 0 Å². The number of aromatic nitrogens is 1. The van der Waals surface area contributed by atoms with Gasteiger partial charge in [-0.2, -0.15) is 10.1 Å². The Morgan fingerprint density at radius 1 is 1.12 bits per heavy atom. The molecule has 2 aromatic rings. The maximum absolute atomic E-state index is 13.2. The van der Waals surface area contributed by atoms with Gasteiger partial charge in [0.15, 0.2) is 0 Å². The first-order valence-electron chi connectivity index (χ1n) is 4.97. The van der Waals surface area contributed by atoms with Crippen molar-refractivity contribution in [1.29, 1.82) is 0 Å². The molecule has 1 heterocycles. The van der Waals surface area contributed by atoms with Gasteiger partial charge in [-0.15, -0.1) is 0 Å². The van der Waals surface area contributed by atoms with Gasteiger partial charge in [0, 0.05) is 11.8 Å². The summed E-state index contributed by atoms with van der Waals surface area (Å²) in [6.07, 6.45) is 1.54. The zero-order chi connectivity index (χ0) is 11.4. The number of hydrogen-bond acceptors (Lipinski definition) is 1. The van der Waals surface area contributed by atoms with E-state index in [2.05, 4.69) is 4.98 Å². The zero-order valence-corrected chi connectivity index (χ0v) is 9.60. The summed E-state index contributed by atoms with van der Waals surface area (Å²) in [5, 5.41) is 9.82. The van der Waals surface area contributed by atoms with E-state index in [4.69, 9.17) is 0 Å². The van der Waals surface area contributed by atoms with Gasteiger partial charge in [-0.25, -0.2) is 4.98 Å². The molecule has 0 aliphatic carbocycles. The number of nitrogens with zero attached hydrogens (tertiary/aromatic N) is 2. The molecule has 0 spiro atoms. The van der Waals surface area contributed by atoms with Crippen molar-refractivity contribution in [1.82, 2.24) is 4.98 Å². The quantitative estimate of drug-likeness (QED) is 0.401. The zero-order valence-electron chi connectivity index (χ0n) is 9.60. The van der Waals surface area contributed by atoms with Crippen LogP contribution in [0.5, 0.6) is 0 Å². The molecule has 0 radical (unpaired) electrons. The van der Waals surface area contributed by atoms with Crippen molar-refractivity contribution in [3.8, 4) is 0 Å². The molecule has 0 atom stereocenters. The largest absolute Gasteiger partial charge is 1.00 e. The second-order valence-corrected chi connectivity index (χ2v) is 3.44. The van der Waals surface area contributed by atoms with Crippen LogP contribution in [-0.4, -0.2) is 10.7 Å². The van der Waals surface area contributed by atoms with Crippen molar-refractivity contribution in [2.45, 2.75) is 6.42 Å². The average molecular weight is 220 g/mol. The summed E-state index contributed by atoms with van der Waals surface area (Å²) in [5.74, 6) is -0.537. The minimum Gasteiger partial charge on any atom is -0.807 e. The summed E-state index contributed by atoms with van der Waals surface area (Å²) in [6, 6.07) is 12.3. The van der Waals surface area contributed by atoms with Gasteiger partial charge >= 0.3 is 18.9 Å². The van der Waals surface area contributed by atoms with Crippen molar-refractivity contribution in [2.24, 2.45) is 0 Å². The summed E-state index contributed by atoms with van der Waals surface area (Å²) >= 11 is 0. The van der Waals surface area contributed by atoms with Crippen LogP contribution in [0.3, 0.4) is 0 Å². The fourth-order valence-electron chi connectivity index (χ4n) is 1.46. The summed E-state index contributed by atoms with van der Waals surface area (Å²) < 4.78 is 13.2. The van der Waals surface area contributed by atoms with E-state index in [0.717, 1.165) is 0 Å². The second-order valence-electron chi connectivity index (χ2n) is 3.44. The van der Waals surface area contributed by atoms with Gasteiger partial charge in [0.2, 0.25) is 5.95 Å². The van der Waals surface area contributed by atoms with E-state index in [1.807, 2.05) is 18.2 Å². The van der Waals surface area contributed by atoms with Gasteiger partial charge in [-0.05, 0) is 18.1 Å². The Hall–Kier alpha value is -1.43. The summed E-state index contributed by atoms with van der Waals surface area (Å²) in [6.45, 7) is 0. The fraction of sp³-hybridized carbons (Fsp3) is 0.0769. The molecule has 0 saturated carbocycles. The molecule has 0 unspecified atom stereocenters. The molecule has 80 valence electrons. The molecule has 0 saturated heterocycles. The van der Waals surface area contributed by atoms with Crippen LogP contribution < -0.4 is 18.9 Å². The normalized spacial score (nSPS) is 9.47. The van der Waals surface area contributed by atoms with Crippen LogP contribution in [0.25, 0.3) is 5.41 Å². The van der Waals surface area contributed by atoms with E-state index in [1.165, 1.54) is 6.20 Å². The van der Waals surface area contributed by atoms with Gasteiger partial charge in [-0.3, -0.25) is 0 Å². The summed E-state index contributed by atoms with van der Waals surface area (Å²) in [5.41, 5.74) is 1.24. The van der Waals surface area contributed by atoms with Gasteiger partial charge < -0.3 is 5.41 Å². The van der Waals surface area contributed by atoms with Crippen molar-refractivity contribution >= 4 is 5.71 Å². The van der Waals surface area contributed by atoms with Crippen LogP contribution in [0, 0.1) is 5.95 Å². The molecular weight excluding hydrogens is 210 g/mol. The number of benzene rings is 1. The minimum atomic E-state index is -0.537. The smallest absolute Gasteiger partial charge is 0.807 e. The summed E-state index contributed by atoms with van der Waals surface area (Å²) in [7, 11) is 0. The number of hydrogen-bond donors (Lipinski definition) is 0. The Labute approximate surface area is 112 Å². The third kappa shape index (κ3) is 3.52. The SMILES string of the molecule is [Li+].[N-]=C(Cc1cccnc1F)c1ccccc1. The maximum atomic E-state index is 13.2. The Morgan fingerprint density at radius 2 is 1.82 bits per heavy atom. The van der Waals surface area contributed by atoms with Crippen molar-refractivity contribution in [2.75, 3.05) is 0 Å². The van der Waals surface area contributed by atoms with Gasteiger partial charge in [0.1, 0.15) is 0 Å². The van der Waals surface area contributed by atoms with E-state index < -0.39 is 5.95 Å². The Morgan fingerprint density at radius 3 is 2.47 bits per heavy atom. The molecule has 4 heteroatoms. The first-order valence-corrected chi connectivity index (χ1v) is 4.97. The van der Waals surface area contributed by atoms with Gasteiger partial charge in [-0.1, -0.05) is 36.4 Å². The van der Waals surface area contributed by atoms with Crippen LogP contribution in [0.2, 0.25) is 0 Å². The molecule has 0 bridgehead atoms. The molecule has 1 aromatic heterocycles. The van der Waals surface area contributed by atoms with Crippen LogP contribution in [-0.2, 0) is 6.42 Å². The molecule has 0 N–H and O–H groups in total. The Balaban J connectivity index is 0.00000144. The van der Waals surface area contributed by atoms with Crippen LogP contribution in [0.15, 0.2) is 48.7 Å². The van der Waals surface area contributed by atoms with E-state index in [1.54, 1.807) is 24.3 Å². The molecule has 2 rings (SSSR count). The Bertz CT molecular complexity index is 500. The van der Waals surface area contributed by atoms with Crippen molar-refractivity contribution in [3.63, 3.8) is 0 Å². The number of pyridine rings is 1. The van der Waals surface area contributed by atoms with E-state index in [9.17, 15) is 9.80 Å². The summed E-state index contributed by atoms with van der Waals surface area (Å²) in [4.78, 5) is 3.53. The van der Waals surface area contributed by atoms with Gasteiger partial charge in [0.25, 0.3) is 0 Å². The first-order chi connectivity index (χ1) is 7.77. The third-order valence-corrected chi connectivity index (χ3v) is 2.30. The van der Waals surface area contributed by atoms with Gasteiger partial charge in [0.05, 0.1) is 0 Å². The molecule has 0 fully saturated rings. The van der Waals surface area contributed by atoms with Crippen molar-refractivity contribution < 1.29 is 23.3 Å². The molecule has 0 amide bonds. The van der Waals surface area contributed by atoms with Crippen LogP contribution in [0.1, 0.15) is 11.1 Å². The standard InChI is InChI=1S/C13H10FN2.Li/c14-13-11(7-4-8-16-13)9-12(15)10-5-2-1-3-6-10;/h1-8H,9H2;/q-1;+1. The molecule has 1 aromatic carbocycles. The average Bonchev–Trinajstić information content (AvgIpc) is 2.33. The van der Waals surface area contributed by atoms with E-state index in [-0.39, 0.29) is 31.0 Å². The van der Waals surface area contributed by atoms with Crippen molar-refractivity contribution in [3.05, 3.63) is 71.1 Å². The number of halogens is 1. The minimum absolute atomic E-state index is 0. The fourth-order valence-corrected chi connectivity index (χ4v) is 1.46. The first kappa shape index (κ1) is 13.6. The molecule has 0 aliphatic heterocycles. The molecular formula is C13H10FLiN2. The number of rotatable bonds is 3. The molecule has 0 aliphatic rings. The Kier molecular flexibility index (Phi) is 5.08. The topological polar surface area (TPSA) is 35.2 Å². The predicted molar refractivity (Wildman–Crippen MR) is 61.8 cm³/mol. The second kappa shape index (κ2) is 6.34. The predicted octanol–water partition coefficient (Wildman–Crippen LogP) is -0.174. The monoisotopic (exact) mass is 220 g/mol. The van der Waals surface area contributed by atoms with E-state index in [0.29, 0.717) is 11.1 Å². The van der Waals surface area contributed by atoms with Crippen LogP contribution in [0.4, 0.5) is 4.39 Å². The maximum Gasteiger partial charge on any atom is 1.00 e. The molecule has 2 nitrogen and oxygen atoms in total. The molecule has 17 heavy (non-hydrogen) atoms.